The maximum absolute atomic E-state index is 12.4. The molecule has 3 aromatic rings. The monoisotopic (exact) mass is 388 g/mol. The minimum absolute atomic E-state index is 0.241. The van der Waals surface area contributed by atoms with Gasteiger partial charge in [0, 0.05) is 29.6 Å². The molecule has 0 aromatic carbocycles. The summed E-state index contributed by atoms with van der Waals surface area (Å²) >= 11 is 3.36. The van der Waals surface area contributed by atoms with Gasteiger partial charge in [0.2, 0.25) is 0 Å². The standard InChI is InChI=1S/C16H13BrN4O3/c1-24-16(23)11-4-10(5-18-7-11)6-19-15(22)13-8-20-21-9-12(17)2-3-14(13)21/h2-5,7-9H,6H2,1H3,(H,19,22). The Bertz CT molecular complexity index is 923. The Hall–Kier alpha value is -2.74. The number of halogens is 1. The normalized spacial score (nSPS) is 10.6. The topological polar surface area (TPSA) is 85.6 Å². The van der Waals surface area contributed by atoms with Crippen molar-refractivity contribution < 1.29 is 14.3 Å². The summed E-state index contributed by atoms with van der Waals surface area (Å²) in [6, 6.07) is 5.29. The third kappa shape index (κ3) is 3.28. The van der Waals surface area contributed by atoms with Crippen LogP contribution in [-0.4, -0.2) is 33.6 Å². The van der Waals surface area contributed by atoms with Crippen LogP contribution in [0.25, 0.3) is 5.52 Å². The third-order valence-corrected chi connectivity index (χ3v) is 3.86. The van der Waals surface area contributed by atoms with Gasteiger partial charge in [0.15, 0.2) is 0 Å². The first-order chi connectivity index (χ1) is 11.6. The molecule has 3 rings (SSSR count). The Balaban J connectivity index is 1.74. The highest BCUT2D eigenvalue weighted by atomic mass is 79.9. The lowest BCUT2D eigenvalue weighted by Gasteiger charge is -2.06. The van der Waals surface area contributed by atoms with Gasteiger partial charge < -0.3 is 10.1 Å². The highest BCUT2D eigenvalue weighted by Crippen LogP contribution is 2.15. The summed E-state index contributed by atoms with van der Waals surface area (Å²) in [6.45, 7) is 0.241. The van der Waals surface area contributed by atoms with E-state index in [0.29, 0.717) is 22.2 Å². The smallest absolute Gasteiger partial charge is 0.339 e. The van der Waals surface area contributed by atoms with Gasteiger partial charge in [-0.2, -0.15) is 5.10 Å². The summed E-state index contributed by atoms with van der Waals surface area (Å²) in [4.78, 5) is 27.8. The summed E-state index contributed by atoms with van der Waals surface area (Å²) in [6.07, 6.45) is 6.29. The molecule has 0 unspecified atom stereocenters. The Labute approximate surface area is 145 Å². The second-order valence-corrected chi connectivity index (χ2v) is 5.91. The lowest BCUT2D eigenvalue weighted by atomic mass is 10.2. The van der Waals surface area contributed by atoms with Crippen molar-refractivity contribution >= 4 is 33.3 Å². The number of methoxy groups -OCH3 is 1. The van der Waals surface area contributed by atoms with E-state index in [2.05, 4.69) is 36.1 Å². The molecule has 8 heteroatoms. The molecule has 0 aliphatic heterocycles. The van der Waals surface area contributed by atoms with Crippen molar-refractivity contribution in [3.8, 4) is 0 Å². The van der Waals surface area contributed by atoms with Crippen LogP contribution in [0, 0.1) is 0 Å². The number of hydrogen-bond donors (Lipinski definition) is 1. The van der Waals surface area contributed by atoms with Crippen molar-refractivity contribution in [1.82, 2.24) is 19.9 Å². The number of fused-ring (bicyclic) bond motifs is 1. The number of amides is 1. The number of rotatable bonds is 4. The highest BCUT2D eigenvalue weighted by molar-refractivity contribution is 9.10. The van der Waals surface area contributed by atoms with Crippen molar-refractivity contribution in [1.29, 1.82) is 0 Å². The van der Waals surface area contributed by atoms with E-state index in [9.17, 15) is 9.59 Å². The molecule has 0 atom stereocenters. The Morgan fingerprint density at radius 2 is 2.12 bits per heavy atom. The van der Waals surface area contributed by atoms with Gasteiger partial charge in [0.1, 0.15) is 0 Å². The molecule has 7 nitrogen and oxygen atoms in total. The van der Waals surface area contributed by atoms with Crippen LogP contribution in [0.1, 0.15) is 26.3 Å². The van der Waals surface area contributed by atoms with Gasteiger partial charge in [-0.1, -0.05) is 0 Å². The van der Waals surface area contributed by atoms with Gasteiger partial charge in [-0.05, 0) is 39.7 Å². The Kier molecular flexibility index (Phi) is 4.57. The van der Waals surface area contributed by atoms with Crippen molar-refractivity contribution in [3.05, 3.63) is 64.1 Å². The molecule has 0 spiro atoms. The molecule has 3 heterocycles. The van der Waals surface area contributed by atoms with Crippen molar-refractivity contribution in [3.63, 3.8) is 0 Å². The average molecular weight is 389 g/mol. The number of esters is 1. The van der Waals surface area contributed by atoms with Crippen LogP contribution < -0.4 is 5.32 Å². The van der Waals surface area contributed by atoms with Crippen LogP contribution in [-0.2, 0) is 11.3 Å². The van der Waals surface area contributed by atoms with Gasteiger partial charge in [-0.25, -0.2) is 9.31 Å². The minimum atomic E-state index is -0.469. The molecule has 0 bridgehead atoms. The number of pyridine rings is 2. The zero-order valence-electron chi connectivity index (χ0n) is 12.7. The van der Waals surface area contributed by atoms with Crippen LogP contribution in [0.2, 0.25) is 0 Å². The van der Waals surface area contributed by atoms with Crippen molar-refractivity contribution in [2.45, 2.75) is 6.54 Å². The second kappa shape index (κ2) is 6.79. The molecule has 0 aliphatic rings. The van der Waals surface area contributed by atoms with E-state index in [0.717, 1.165) is 4.47 Å². The SMILES string of the molecule is COC(=O)c1cncc(CNC(=O)c2cnn3cc(Br)ccc23)c1. The number of nitrogens with one attached hydrogen (secondary N) is 1. The molecule has 1 amide bonds. The Morgan fingerprint density at radius 3 is 2.92 bits per heavy atom. The first kappa shape index (κ1) is 16.1. The molecular formula is C16H13BrN4O3. The summed E-state index contributed by atoms with van der Waals surface area (Å²) in [5.41, 5.74) is 2.22. The highest BCUT2D eigenvalue weighted by Gasteiger charge is 2.13. The zero-order chi connectivity index (χ0) is 17.1. The van der Waals surface area contributed by atoms with Gasteiger partial charge >= 0.3 is 5.97 Å². The molecule has 3 aromatic heterocycles. The number of ether oxygens (including phenoxy) is 1. The number of nitrogens with zero attached hydrogens (tertiary/aromatic N) is 3. The quantitative estimate of drug-likeness (QED) is 0.692. The second-order valence-electron chi connectivity index (χ2n) is 4.99. The lowest BCUT2D eigenvalue weighted by Crippen LogP contribution is -2.23. The summed E-state index contributed by atoms with van der Waals surface area (Å²) in [7, 11) is 1.31. The van der Waals surface area contributed by atoms with E-state index >= 15 is 0 Å². The Morgan fingerprint density at radius 1 is 1.29 bits per heavy atom. The van der Waals surface area contributed by atoms with Crippen molar-refractivity contribution in [2.24, 2.45) is 0 Å². The predicted molar refractivity (Wildman–Crippen MR) is 89.6 cm³/mol. The van der Waals surface area contributed by atoms with E-state index in [1.165, 1.54) is 19.5 Å². The number of aromatic nitrogens is 3. The molecule has 0 aliphatic carbocycles. The zero-order valence-corrected chi connectivity index (χ0v) is 14.3. The molecule has 0 radical (unpaired) electrons. The molecule has 122 valence electrons. The largest absolute Gasteiger partial charge is 0.465 e. The summed E-state index contributed by atoms with van der Waals surface area (Å²) in [5, 5.41) is 6.95. The summed E-state index contributed by atoms with van der Waals surface area (Å²) < 4.78 is 7.15. The van der Waals surface area contributed by atoms with Crippen LogP contribution in [0.4, 0.5) is 0 Å². The number of carbonyl (C=O) groups is 2. The molecule has 0 saturated heterocycles. The van der Waals surface area contributed by atoms with Crippen LogP contribution in [0.5, 0.6) is 0 Å². The molecule has 24 heavy (non-hydrogen) atoms. The number of carbonyl (C=O) groups excluding carboxylic acids is 2. The minimum Gasteiger partial charge on any atom is -0.465 e. The molecule has 1 N–H and O–H groups in total. The molecule has 0 saturated carbocycles. The maximum Gasteiger partial charge on any atom is 0.339 e. The van der Waals surface area contributed by atoms with E-state index < -0.39 is 5.97 Å². The van der Waals surface area contributed by atoms with Gasteiger partial charge in [-0.15, -0.1) is 0 Å². The molecular weight excluding hydrogens is 376 g/mol. The summed E-state index contributed by atoms with van der Waals surface area (Å²) in [5.74, 6) is -0.723. The predicted octanol–water partition coefficient (Wildman–Crippen LogP) is 2.21. The van der Waals surface area contributed by atoms with Crippen LogP contribution in [0.15, 0.2) is 47.5 Å². The fraction of sp³-hybridized carbons (Fsp3) is 0.125. The fourth-order valence-corrected chi connectivity index (χ4v) is 2.55. The van der Waals surface area contributed by atoms with Gasteiger partial charge in [0.05, 0.1) is 30.0 Å². The van der Waals surface area contributed by atoms with E-state index in [4.69, 9.17) is 0 Å². The average Bonchev–Trinajstić information content (AvgIpc) is 3.02. The lowest BCUT2D eigenvalue weighted by molar-refractivity contribution is 0.0600. The van der Waals surface area contributed by atoms with E-state index in [-0.39, 0.29) is 12.5 Å². The van der Waals surface area contributed by atoms with Crippen molar-refractivity contribution in [2.75, 3.05) is 7.11 Å². The first-order valence-electron chi connectivity index (χ1n) is 7.02. The first-order valence-corrected chi connectivity index (χ1v) is 7.81. The fourth-order valence-electron chi connectivity index (χ4n) is 2.23. The van der Waals surface area contributed by atoms with Gasteiger partial charge in [-0.3, -0.25) is 9.78 Å². The third-order valence-electron chi connectivity index (χ3n) is 3.39. The van der Waals surface area contributed by atoms with Crippen LogP contribution in [0.3, 0.4) is 0 Å². The van der Waals surface area contributed by atoms with E-state index in [1.54, 1.807) is 23.0 Å². The van der Waals surface area contributed by atoms with E-state index in [1.807, 2.05) is 12.1 Å². The number of hydrogen-bond acceptors (Lipinski definition) is 5. The maximum atomic E-state index is 12.4. The van der Waals surface area contributed by atoms with Gasteiger partial charge in [0.25, 0.3) is 5.91 Å². The molecule has 0 fully saturated rings. The van der Waals surface area contributed by atoms with Crippen LogP contribution >= 0.6 is 15.9 Å².